The first kappa shape index (κ1) is 27.7. The van der Waals surface area contributed by atoms with Crippen molar-refractivity contribution in [3.8, 4) is 22.7 Å². The van der Waals surface area contributed by atoms with Gasteiger partial charge >= 0.3 is 6.03 Å². The number of amides is 2. The molecule has 0 fully saturated rings. The van der Waals surface area contributed by atoms with Crippen LogP contribution in [0.4, 0.5) is 14.9 Å². The zero-order chi connectivity index (χ0) is 28.4. The normalized spacial score (nSPS) is 13.3. The summed E-state index contributed by atoms with van der Waals surface area (Å²) >= 11 is 6.36. The number of halogens is 2. The van der Waals surface area contributed by atoms with Crippen LogP contribution in [0, 0.1) is 18.7 Å². The number of urea groups is 1. The molecule has 0 bridgehead atoms. The first-order chi connectivity index (χ1) is 19.2. The summed E-state index contributed by atoms with van der Waals surface area (Å²) in [7, 11) is 0. The summed E-state index contributed by atoms with van der Waals surface area (Å²) in [6, 6.07) is 17.7. The van der Waals surface area contributed by atoms with E-state index in [-0.39, 0.29) is 5.82 Å². The number of carbonyl (C=O) groups excluding carboxylic acids is 1. The summed E-state index contributed by atoms with van der Waals surface area (Å²) in [6.45, 7) is 8.55. The predicted octanol–water partition coefficient (Wildman–Crippen LogP) is 6.72. The highest BCUT2D eigenvalue weighted by molar-refractivity contribution is 6.31. The minimum absolute atomic E-state index is 0.307. The molecule has 1 aliphatic rings. The van der Waals surface area contributed by atoms with E-state index in [1.54, 1.807) is 12.1 Å². The number of aromatic nitrogens is 2. The Bertz CT molecular complexity index is 1510. The zero-order valence-corrected chi connectivity index (χ0v) is 23.6. The van der Waals surface area contributed by atoms with Gasteiger partial charge in [0.15, 0.2) is 0 Å². The maximum atomic E-state index is 14.6. The van der Waals surface area contributed by atoms with Gasteiger partial charge in [0.2, 0.25) is 0 Å². The molecule has 1 aromatic heterocycles. The molecular weight excluding hydrogens is 529 g/mol. The number of nitrogens with two attached hydrogens (primary N) is 1. The molecular formula is C31H33ClFN5O2. The van der Waals surface area contributed by atoms with Gasteiger partial charge in [0, 0.05) is 53.5 Å². The maximum Gasteiger partial charge on any atom is 0.316 e. The highest BCUT2D eigenvalue weighted by atomic mass is 35.5. The molecule has 5 rings (SSSR count). The van der Waals surface area contributed by atoms with Gasteiger partial charge in [0.25, 0.3) is 0 Å². The lowest BCUT2D eigenvalue weighted by Crippen LogP contribution is -2.30. The van der Waals surface area contributed by atoms with Crippen LogP contribution < -0.4 is 15.8 Å². The number of hydrogen-bond acceptors (Lipinski definition) is 4. The molecule has 0 unspecified atom stereocenters. The fourth-order valence-electron chi connectivity index (χ4n) is 5.06. The minimum atomic E-state index is -0.621. The van der Waals surface area contributed by atoms with Crippen molar-refractivity contribution in [3.05, 3.63) is 93.9 Å². The van der Waals surface area contributed by atoms with Gasteiger partial charge in [-0.1, -0.05) is 55.8 Å². The number of fused-ring (bicyclic) bond motifs is 1. The van der Waals surface area contributed by atoms with Crippen LogP contribution in [0.5, 0.6) is 5.75 Å². The maximum absolute atomic E-state index is 14.6. The monoisotopic (exact) mass is 561 g/mol. The Balaban J connectivity index is 1.61. The fraction of sp³-hybridized carbons (Fsp3) is 0.290. The SMILES string of the molecule is Cc1cccc(OCC(C)C)c1-n1nc2c(c1-c1ccc(NC(N)=O)cc1)CN(Cc1c(F)cccc1Cl)CC2. The van der Waals surface area contributed by atoms with E-state index >= 15 is 0 Å². The van der Waals surface area contributed by atoms with E-state index in [0.29, 0.717) is 48.3 Å². The molecule has 9 heteroatoms. The molecule has 40 heavy (non-hydrogen) atoms. The van der Waals surface area contributed by atoms with Gasteiger partial charge in [-0.25, -0.2) is 13.9 Å². The lowest BCUT2D eigenvalue weighted by atomic mass is 9.99. The van der Waals surface area contributed by atoms with Gasteiger partial charge < -0.3 is 15.8 Å². The van der Waals surface area contributed by atoms with Crippen molar-refractivity contribution in [3.63, 3.8) is 0 Å². The van der Waals surface area contributed by atoms with Crippen molar-refractivity contribution in [2.75, 3.05) is 18.5 Å². The molecule has 0 atom stereocenters. The number of para-hydroxylation sites is 1. The Kier molecular flexibility index (Phi) is 8.09. The lowest BCUT2D eigenvalue weighted by molar-refractivity contribution is 0.242. The van der Waals surface area contributed by atoms with Crippen LogP contribution in [0.2, 0.25) is 5.02 Å². The first-order valence-electron chi connectivity index (χ1n) is 13.4. The predicted molar refractivity (Wildman–Crippen MR) is 157 cm³/mol. The third kappa shape index (κ3) is 5.83. The van der Waals surface area contributed by atoms with E-state index in [1.807, 2.05) is 54.1 Å². The minimum Gasteiger partial charge on any atom is -0.491 e. The van der Waals surface area contributed by atoms with E-state index < -0.39 is 6.03 Å². The number of rotatable bonds is 8. The summed E-state index contributed by atoms with van der Waals surface area (Å²) < 4.78 is 22.9. The molecule has 0 spiro atoms. The molecule has 0 saturated heterocycles. The third-order valence-electron chi connectivity index (χ3n) is 6.97. The average Bonchev–Trinajstić information content (AvgIpc) is 3.28. The van der Waals surface area contributed by atoms with Crippen LogP contribution in [-0.4, -0.2) is 33.9 Å². The Hall–Kier alpha value is -3.88. The lowest BCUT2D eigenvalue weighted by Gasteiger charge is -2.27. The molecule has 0 saturated carbocycles. The fourth-order valence-corrected chi connectivity index (χ4v) is 5.28. The molecule has 0 aliphatic carbocycles. The molecule has 3 aromatic carbocycles. The van der Waals surface area contributed by atoms with Gasteiger partial charge in [-0.3, -0.25) is 4.90 Å². The molecule has 3 N–H and O–H groups in total. The summed E-state index contributed by atoms with van der Waals surface area (Å²) in [5.74, 6) is 0.818. The number of aryl methyl sites for hydroxylation is 1. The molecule has 7 nitrogen and oxygen atoms in total. The molecule has 4 aromatic rings. The number of nitrogens with one attached hydrogen (secondary N) is 1. The van der Waals surface area contributed by atoms with Gasteiger partial charge in [-0.15, -0.1) is 0 Å². The van der Waals surface area contributed by atoms with E-state index in [0.717, 1.165) is 46.1 Å². The molecule has 208 valence electrons. The Labute approximate surface area is 238 Å². The molecule has 2 amide bonds. The summed E-state index contributed by atoms with van der Waals surface area (Å²) in [4.78, 5) is 13.6. The highest BCUT2D eigenvalue weighted by Crippen LogP contribution is 2.38. The largest absolute Gasteiger partial charge is 0.491 e. The van der Waals surface area contributed by atoms with Crippen molar-refractivity contribution in [2.45, 2.75) is 40.3 Å². The summed E-state index contributed by atoms with van der Waals surface area (Å²) in [5, 5.41) is 8.15. The second-order valence-electron chi connectivity index (χ2n) is 10.5. The van der Waals surface area contributed by atoms with Crippen LogP contribution in [0.25, 0.3) is 16.9 Å². The topological polar surface area (TPSA) is 85.4 Å². The Morgan fingerprint density at radius 3 is 2.60 bits per heavy atom. The van der Waals surface area contributed by atoms with Gasteiger partial charge in [0.1, 0.15) is 17.3 Å². The van der Waals surface area contributed by atoms with Crippen LogP contribution in [-0.2, 0) is 19.5 Å². The van der Waals surface area contributed by atoms with Crippen LogP contribution in [0.15, 0.2) is 60.7 Å². The average molecular weight is 562 g/mol. The van der Waals surface area contributed by atoms with Crippen molar-refractivity contribution >= 4 is 23.3 Å². The van der Waals surface area contributed by atoms with Crippen LogP contribution >= 0.6 is 11.6 Å². The smallest absolute Gasteiger partial charge is 0.316 e. The van der Waals surface area contributed by atoms with Crippen molar-refractivity contribution in [2.24, 2.45) is 11.7 Å². The second-order valence-corrected chi connectivity index (χ2v) is 10.9. The number of anilines is 1. The van der Waals surface area contributed by atoms with Crippen LogP contribution in [0.1, 0.15) is 36.2 Å². The van der Waals surface area contributed by atoms with E-state index in [2.05, 4.69) is 24.1 Å². The number of nitrogens with zero attached hydrogens (tertiary/aromatic N) is 3. The Morgan fingerprint density at radius 2 is 1.90 bits per heavy atom. The Morgan fingerprint density at radius 1 is 1.15 bits per heavy atom. The molecule has 1 aliphatic heterocycles. The number of carbonyl (C=O) groups is 1. The van der Waals surface area contributed by atoms with Crippen molar-refractivity contribution in [1.29, 1.82) is 0 Å². The molecule has 0 radical (unpaired) electrons. The highest BCUT2D eigenvalue weighted by Gasteiger charge is 2.28. The zero-order valence-electron chi connectivity index (χ0n) is 22.9. The van der Waals surface area contributed by atoms with E-state index in [1.165, 1.54) is 6.07 Å². The van der Waals surface area contributed by atoms with Gasteiger partial charge in [-0.2, -0.15) is 5.10 Å². The van der Waals surface area contributed by atoms with Crippen LogP contribution in [0.3, 0.4) is 0 Å². The first-order valence-corrected chi connectivity index (χ1v) is 13.7. The standard InChI is InChI=1S/C31H33ClFN5O2/c1-19(2)18-40-28-9-4-6-20(3)29(28)38-30(21-10-12-22(13-11-21)35-31(34)39)24-17-37(15-14-27(24)36-38)16-23-25(32)7-5-8-26(23)33/h4-13,19H,14-18H2,1-3H3,(H3,34,35,39). The van der Waals surface area contributed by atoms with E-state index in [9.17, 15) is 9.18 Å². The summed E-state index contributed by atoms with van der Waals surface area (Å²) in [6.07, 6.45) is 0.705. The number of benzene rings is 3. The second kappa shape index (κ2) is 11.7. The van der Waals surface area contributed by atoms with Crippen molar-refractivity contribution in [1.82, 2.24) is 14.7 Å². The number of ether oxygens (including phenoxy) is 1. The van der Waals surface area contributed by atoms with Gasteiger partial charge in [-0.05, 0) is 48.7 Å². The summed E-state index contributed by atoms with van der Waals surface area (Å²) in [5.41, 5.74) is 12.2. The van der Waals surface area contributed by atoms with Gasteiger partial charge in [0.05, 0.1) is 18.0 Å². The van der Waals surface area contributed by atoms with E-state index in [4.69, 9.17) is 27.2 Å². The number of hydrogen-bond donors (Lipinski definition) is 2. The number of primary amides is 1. The third-order valence-corrected chi connectivity index (χ3v) is 7.32. The quantitative estimate of drug-likeness (QED) is 0.250. The molecule has 2 heterocycles. The van der Waals surface area contributed by atoms with Crippen molar-refractivity contribution < 1.29 is 13.9 Å².